The van der Waals surface area contributed by atoms with Gasteiger partial charge in [0.1, 0.15) is 0 Å². The highest BCUT2D eigenvalue weighted by atomic mass is 16.5. The van der Waals surface area contributed by atoms with E-state index in [1.807, 2.05) is 0 Å². The maximum Gasteiger partial charge on any atom is 0.222 e. The first-order valence-corrected chi connectivity index (χ1v) is 9.55. The Balaban J connectivity index is 1.46. The van der Waals surface area contributed by atoms with Crippen molar-refractivity contribution in [2.45, 2.75) is 32.7 Å². The minimum Gasteiger partial charge on any atom is -0.379 e. The quantitative estimate of drug-likeness (QED) is 0.819. The molecule has 5 nitrogen and oxygen atoms in total. The molecule has 1 aromatic carbocycles. The lowest BCUT2D eigenvalue weighted by Crippen LogP contribution is -2.54. The lowest BCUT2D eigenvalue weighted by Gasteiger charge is -2.41. The number of piperazine rings is 1. The van der Waals surface area contributed by atoms with E-state index in [0.29, 0.717) is 12.3 Å². The smallest absolute Gasteiger partial charge is 0.222 e. The topological polar surface area (TPSA) is 36.0 Å². The lowest BCUT2D eigenvalue weighted by molar-refractivity contribution is -0.133. The van der Waals surface area contributed by atoms with Gasteiger partial charge < -0.3 is 14.5 Å². The first-order valence-electron chi connectivity index (χ1n) is 9.55. The van der Waals surface area contributed by atoms with E-state index < -0.39 is 0 Å². The predicted molar refractivity (Wildman–Crippen MR) is 101 cm³/mol. The lowest BCUT2D eigenvalue weighted by atomic mass is 10.1. The van der Waals surface area contributed by atoms with Crippen molar-refractivity contribution in [3.63, 3.8) is 0 Å². The van der Waals surface area contributed by atoms with Crippen LogP contribution in [0.4, 0.5) is 5.69 Å². The van der Waals surface area contributed by atoms with Crippen LogP contribution in [-0.2, 0) is 9.53 Å². The van der Waals surface area contributed by atoms with Gasteiger partial charge in [-0.3, -0.25) is 9.69 Å². The van der Waals surface area contributed by atoms with Crippen molar-refractivity contribution in [2.75, 3.05) is 57.4 Å². The van der Waals surface area contributed by atoms with Gasteiger partial charge in [-0.15, -0.1) is 0 Å². The molecule has 1 amide bonds. The van der Waals surface area contributed by atoms with Crippen LogP contribution in [-0.4, -0.2) is 74.2 Å². The number of para-hydroxylation sites is 1. The first kappa shape index (κ1) is 18.2. The standard InChI is InChI=1S/C20H31N3O2/c1-17-6-3-4-7-19(17)22-10-11-23(18(2)16-22)20(24)8-5-9-21-12-14-25-15-13-21/h3-4,6-7,18H,5,8-16H2,1-2H3/t18-/m0/s1. The fourth-order valence-corrected chi connectivity index (χ4v) is 3.89. The summed E-state index contributed by atoms with van der Waals surface area (Å²) in [5.74, 6) is 0.310. The van der Waals surface area contributed by atoms with Gasteiger partial charge in [-0.2, -0.15) is 0 Å². The molecule has 0 aromatic heterocycles. The maximum atomic E-state index is 12.6. The van der Waals surface area contributed by atoms with E-state index in [0.717, 1.165) is 58.9 Å². The van der Waals surface area contributed by atoms with E-state index in [1.54, 1.807) is 0 Å². The molecule has 1 aromatic rings. The van der Waals surface area contributed by atoms with Crippen molar-refractivity contribution in [1.29, 1.82) is 0 Å². The van der Waals surface area contributed by atoms with Gasteiger partial charge in [0.05, 0.1) is 13.2 Å². The Labute approximate surface area is 151 Å². The Morgan fingerprint density at radius 1 is 1.16 bits per heavy atom. The minimum absolute atomic E-state index is 0.268. The summed E-state index contributed by atoms with van der Waals surface area (Å²) in [7, 11) is 0. The maximum absolute atomic E-state index is 12.6. The summed E-state index contributed by atoms with van der Waals surface area (Å²) < 4.78 is 5.37. The molecule has 0 spiro atoms. The van der Waals surface area contributed by atoms with Gasteiger partial charge in [0.15, 0.2) is 0 Å². The molecular weight excluding hydrogens is 314 g/mol. The van der Waals surface area contributed by atoms with Crippen molar-refractivity contribution in [3.8, 4) is 0 Å². The predicted octanol–water partition coefficient (Wildman–Crippen LogP) is 2.14. The van der Waals surface area contributed by atoms with Gasteiger partial charge in [-0.05, 0) is 38.4 Å². The number of anilines is 1. The summed E-state index contributed by atoms with van der Waals surface area (Å²) in [5.41, 5.74) is 2.61. The van der Waals surface area contributed by atoms with Crippen molar-refractivity contribution < 1.29 is 9.53 Å². The third-order valence-corrected chi connectivity index (χ3v) is 5.37. The number of benzene rings is 1. The largest absolute Gasteiger partial charge is 0.379 e. The van der Waals surface area contributed by atoms with Crippen molar-refractivity contribution in [3.05, 3.63) is 29.8 Å². The van der Waals surface area contributed by atoms with E-state index in [4.69, 9.17) is 4.74 Å². The third kappa shape index (κ3) is 4.73. The fraction of sp³-hybridized carbons (Fsp3) is 0.650. The van der Waals surface area contributed by atoms with Gasteiger partial charge >= 0.3 is 0 Å². The summed E-state index contributed by atoms with van der Waals surface area (Å²) in [4.78, 5) is 19.5. The molecule has 0 saturated carbocycles. The second kappa shape index (κ2) is 8.68. The van der Waals surface area contributed by atoms with Crippen LogP contribution in [0, 0.1) is 6.92 Å². The molecule has 0 radical (unpaired) electrons. The normalized spacial score (nSPS) is 22.2. The molecule has 0 N–H and O–H groups in total. The van der Waals surface area contributed by atoms with Gasteiger partial charge in [0.25, 0.3) is 0 Å². The molecule has 2 saturated heterocycles. The summed E-state index contributed by atoms with van der Waals surface area (Å²) in [6.07, 6.45) is 1.61. The van der Waals surface area contributed by atoms with Gasteiger partial charge in [-0.1, -0.05) is 18.2 Å². The Kier molecular flexibility index (Phi) is 6.32. The van der Waals surface area contributed by atoms with E-state index in [2.05, 4.69) is 52.8 Å². The first-order chi connectivity index (χ1) is 12.1. The summed E-state index contributed by atoms with van der Waals surface area (Å²) in [6, 6.07) is 8.78. The molecule has 5 heteroatoms. The van der Waals surface area contributed by atoms with E-state index in [1.165, 1.54) is 11.3 Å². The molecule has 2 fully saturated rings. The zero-order chi connectivity index (χ0) is 17.6. The second-order valence-corrected chi connectivity index (χ2v) is 7.23. The second-order valence-electron chi connectivity index (χ2n) is 7.23. The van der Waals surface area contributed by atoms with Crippen molar-refractivity contribution in [2.24, 2.45) is 0 Å². The molecule has 0 unspecified atom stereocenters. The molecule has 2 aliphatic rings. The van der Waals surface area contributed by atoms with Crippen LogP contribution in [0.1, 0.15) is 25.3 Å². The molecule has 2 heterocycles. The number of aryl methyl sites for hydroxylation is 1. The number of carbonyl (C=O) groups is 1. The Morgan fingerprint density at radius 3 is 2.64 bits per heavy atom. The monoisotopic (exact) mass is 345 g/mol. The SMILES string of the molecule is Cc1ccccc1N1CCN(C(=O)CCCN2CCOCC2)[C@@H](C)C1. The zero-order valence-electron chi connectivity index (χ0n) is 15.6. The highest BCUT2D eigenvalue weighted by Gasteiger charge is 2.27. The number of morpholine rings is 1. The highest BCUT2D eigenvalue weighted by molar-refractivity contribution is 5.77. The number of hydrogen-bond acceptors (Lipinski definition) is 4. The molecule has 25 heavy (non-hydrogen) atoms. The van der Waals surface area contributed by atoms with Crippen LogP contribution in [0.15, 0.2) is 24.3 Å². The van der Waals surface area contributed by atoms with Gasteiger partial charge in [-0.25, -0.2) is 0 Å². The van der Waals surface area contributed by atoms with E-state index >= 15 is 0 Å². The van der Waals surface area contributed by atoms with Crippen LogP contribution < -0.4 is 4.90 Å². The average Bonchev–Trinajstić information content (AvgIpc) is 2.63. The van der Waals surface area contributed by atoms with Gasteiger partial charge in [0, 0.05) is 50.9 Å². The Bertz CT molecular complexity index is 572. The molecule has 0 aliphatic carbocycles. The van der Waals surface area contributed by atoms with E-state index in [-0.39, 0.29) is 6.04 Å². The number of carbonyl (C=O) groups excluding carboxylic acids is 1. The molecular formula is C20H31N3O2. The number of ether oxygens (including phenoxy) is 1. The fourth-order valence-electron chi connectivity index (χ4n) is 3.89. The Hall–Kier alpha value is -1.59. The molecule has 3 rings (SSSR count). The van der Waals surface area contributed by atoms with E-state index in [9.17, 15) is 4.79 Å². The summed E-state index contributed by atoms with van der Waals surface area (Å²) in [5, 5.41) is 0. The molecule has 0 bridgehead atoms. The molecule has 138 valence electrons. The average molecular weight is 345 g/mol. The van der Waals surface area contributed by atoms with Crippen LogP contribution in [0.3, 0.4) is 0 Å². The number of hydrogen-bond donors (Lipinski definition) is 0. The summed E-state index contributed by atoms with van der Waals surface area (Å²) >= 11 is 0. The highest BCUT2D eigenvalue weighted by Crippen LogP contribution is 2.23. The van der Waals surface area contributed by atoms with Crippen LogP contribution >= 0.6 is 0 Å². The Morgan fingerprint density at radius 2 is 1.92 bits per heavy atom. The number of rotatable bonds is 5. The zero-order valence-corrected chi connectivity index (χ0v) is 15.6. The van der Waals surface area contributed by atoms with Crippen LogP contribution in [0.5, 0.6) is 0 Å². The molecule has 2 aliphatic heterocycles. The number of amides is 1. The van der Waals surface area contributed by atoms with Gasteiger partial charge in [0.2, 0.25) is 5.91 Å². The molecule has 1 atom stereocenters. The van der Waals surface area contributed by atoms with Crippen molar-refractivity contribution >= 4 is 11.6 Å². The third-order valence-electron chi connectivity index (χ3n) is 5.37. The van der Waals surface area contributed by atoms with Crippen LogP contribution in [0.25, 0.3) is 0 Å². The minimum atomic E-state index is 0.268. The van der Waals surface area contributed by atoms with Crippen LogP contribution in [0.2, 0.25) is 0 Å². The number of nitrogens with zero attached hydrogens (tertiary/aromatic N) is 3. The van der Waals surface area contributed by atoms with Crippen molar-refractivity contribution in [1.82, 2.24) is 9.80 Å². The summed E-state index contributed by atoms with van der Waals surface area (Å²) in [6.45, 7) is 11.6.